The molecule has 92 heavy (non-hydrogen) atoms. The number of carbonyl (C=O) groups is 2. The third-order valence-corrected chi connectivity index (χ3v) is 15.6. The number of allylic oxidation sites excluding steroid dienone is 34. The van der Waals surface area contributed by atoms with Gasteiger partial charge in [0.15, 0.2) is 6.10 Å². The Morgan fingerprint density at radius 3 is 0.652 bits per heavy atom. The summed E-state index contributed by atoms with van der Waals surface area (Å²) in [5.74, 6) is -0.616. The van der Waals surface area contributed by atoms with E-state index in [-0.39, 0.29) is 25.2 Å². The second kappa shape index (κ2) is 79.7. The van der Waals surface area contributed by atoms with Crippen LogP contribution in [0.4, 0.5) is 0 Å². The molecule has 5 nitrogen and oxygen atoms in total. The topological polar surface area (TPSA) is 72.8 Å². The zero-order valence-corrected chi connectivity index (χ0v) is 59.2. The molecule has 0 saturated carbocycles. The van der Waals surface area contributed by atoms with Crippen LogP contribution in [0.25, 0.3) is 0 Å². The van der Waals surface area contributed by atoms with Crippen molar-refractivity contribution in [2.45, 2.75) is 315 Å². The van der Waals surface area contributed by atoms with Crippen LogP contribution in [0.5, 0.6) is 0 Å². The second-order valence-corrected chi connectivity index (χ2v) is 24.3. The van der Waals surface area contributed by atoms with Crippen LogP contribution >= 0.6 is 0 Å². The highest BCUT2D eigenvalue weighted by molar-refractivity contribution is 5.70. The third kappa shape index (κ3) is 76.9. The van der Waals surface area contributed by atoms with Gasteiger partial charge in [0.05, 0.1) is 6.61 Å². The zero-order valence-electron chi connectivity index (χ0n) is 59.2. The number of hydrogen-bond acceptors (Lipinski definition) is 5. The molecule has 0 fully saturated rings. The van der Waals surface area contributed by atoms with Crippen LogP contribution in [0.1, 0.15) is 309 Å². The Morgan fingerprint density at radius 2 is 0.435 bits per heavy atom. The van der Waals surface area contributed by atoms with Crippen molar-refractivity contribution in [1.82, 2.24) is 0 Å². The maximum Gasteiger partial charge on any atom is 0.306 e. The molecule has 1 atom stereocenters. The van der Waals surface area contributed by atoms with Crippen LogP contribution in [0.3, 0.4) is 0 Å². The molecule has 0 aromatic heterocycles. The fourth-order valence-corrected chi connectivity index (χ4v) is 10.0. The predicted molar refractivity (Wildman–Crippen MR) is 407 cm³/mol. The molecule has 0 aliphatic heterocycles. The van der Waals surface area contributed by atoms with E-state index in [2.05, 4.69) is 220 Å². The van der Waals surface area contributed by atoms with Crippen molar-refractivity contribution in [2.75, 3.05) is 13.2 Å². The summed E-state index contributed by atoms with van der Waals surface area (Å²) in [4.78, 5) is 24.7. The van der Waals surface area contributed by atoms with E-state index in [0.29, 0.717) is 12.8 Å². The molecular weight excluding hydrogens is 1120 g/mol. The Morgan fingerprint density at radius 1 is 0.250 bits per heavy atom. The van der Waals surface area contributed by atoms with Crippen LogP contribution in [0, 0.1) is 0 Å². The lowest BCUT2D eigenvalue weighted by molar-refractivity contribution is -0.161. The largest absolute Gasteiger partial charge is 0.462 e. The van der Waals surface area contributed by atoms with Crippen LogP contribution in [0.15, 0.2) is 207 Å². The van der Waals surface area contributed by atoms with Crippen molar-refractivity contribution in [3.05, 3.63) is 207 Å². The summed E-state index contributed by atoms with van der Waals surface area (Å²) in [5.41, 5.74) is 0. The third-order valence-electron chi connectivity index (χ3n) is 15.6. The lowest BCUT2D eigenvalue weighted by Crippen LogP contribution is -2.28. The highest BCUT2D eigenvalue weighted by Gasteiger charge is 2.16. The number of unbranched alkanes of at least 4 members (excludes halogenated alkanes) is 25. The molecule has 0 heterocycles. The van der Waals surface area contributed by atoms with E-state index < -0.39 is 6.10 Å². The number of ether oxygens (including phenoxy) is 2. The highest BCUT2D eigenvalue weighted by atomic mass is 16.6. The molecule has 0 aromatic carbocycles. The summed E-state index contributed by atoms with van der Waals surface area (Å²) in [5, 5.41) is 9.72. The van der Waals surface area contributed by atoms with E-state index in [9.17, 15) is 14.7 Å². The summed E-state index contributed by atoms with van der Waals surface area (Å²) in [7, 11) is 0. The van der Waals surface area contributed by atoms with Gasteiger partial charge in [0.25, 0.3) is 0 Å². The van der Waals surface area contributed by atoms with E-state index in [1.807, 2.05) is 0 Å². The minimum atomic E-state index is -0.798. The molecule has 0 amide bonds. The molecule has 0 radical (unpaired) electrons. The van der Waals surface area contributed by atoms with Gasteiger partial charge >= 0.3 is 11.9 Å². The number of carbonyl (C=O) groups excluding carboxylic acids is 2. The van der Waals surface area contributed by atoms with Crippen LogP contribution in [-0.2, 0) is 19.1 Å². The van der Waals surface area contributed by atoms with Crippen LogP contribution < -0.4 is 0 Å². The average Bonchev–Trinajstić information content (AvgIpc) is 3.75. The average molecular weight is 1260 g/mol. The van der Waals surface area contributed by atoms with Crippen molar-refractivity contribution in [3.63, 3.8) is 0 Å². The van der Waals surface area contributed by atoms with Gasteiger partial charge in [-0.1, -0.05) is 355 Å². The summed E-state index contributed by atoms with van der Waals surface area (Å²) in [6.45, 7) is 3.90. The van der Waals surface area contributed by atoms with Gasteiger partial charge in [-0.15, -0.1) is 0 Å². The van der Waals surface area contributed by atoms with E-state index in [0.717, 1.165) is 167 Å². The van der Waals surface area contributed by atoms with E-state index >= 15 is 0 Å². The van der Waals surface area contributed by atoms with E-state index in [4.69, 9.17) is 9.47 Å². The van der Waals surface area contributed by atoms with Gasteiger partial charge in [-0.2, -0.15) is 0 Å². The Hall–Kier alpha value is -5.52. The molecule has 0 spiro atoms. The van der Waals surface area contributed by atoms with Crippen molar-refractivity contribution in [2.24, 2.45) is 0 Å². The molecule has 0 aliphatic carbocycles. The molecule has 0 rings (SSSR count). The minimum Gasteiger partial charge on any atom is -0.462 e. The Bertz CT molecular complexity index is 2120. The first-order valence-electron chi connectivity index (χ1n) is 37.6. The summed E-state index contributed by atoms with van der Waals surface area (Å²) in [6.07, 6.45) is 127. The first-order chi connectivity index (χ1) is 45.6. The predicted octanol–water partition coefficient (Wildman–Crippen LogP) is 26.9. The molecule has 1 N–H and O–H groups in total. The maximum absolute atomic E-state index is 12.4. The molecule has 0 aromatic rings. The van der Waals surface area contributed by atoms with Gasteiger partial charge in [-0.25, -0.2) is 0 Å². The molecule has 1 unspecified atom stereocenters. The lowest BCUT2D eigenvalue weighted by atomic mass is 10.0. The number of aliphatic hydroxyl groups is 1. The summed E-state index contributed by atoms with van der Waals surface area (Å²) >= 11 is 0. The van der Waals surface area contributed by atoms with Crippen molar-refractivity contribution in [3.8, 4) is 0 Å². The monoisotopic (exact) mass is 1260 g/mol. The smallest absolute Gasteiger partial charge is 0.306 e. The van der Waals surface area contributed by atoms with Crippen molar-refractivity contribution >= 4 is 11.9 Å². The molecule has 0 bridgehead atoms. The fourth-order valence-electron chi connectivity index (χ4n) is 10.0. The standard InChI is InChI=1S/C87H138O5/c1-3-5-7-9-11-13-15-17-19-21-23-25-27-29-31-33-35-37-39-41-43-45-47-49-51-53-55-57-59-61-63-65-67-69-71-73-75-77-79-81-86(89)91-84-85(83-88)92-87(90)82-80-78-76-74-72-70-68-66-64-62-60-58-56-54-52-50-48-46-44-42-40-38-36-34-32-30-28-26-24-22-20-18-16-14-12-10-8-6-4-2/h5-8,11-14,17-20,23-26,29-32,35-38,42,44,48,50,54,56,60,62,66,68,85,88H,3-4,9-10,15-16,21-22,27-28,33-34,39-41,43,45-47,49,51-53,55,57-59,61,63-65,67,69-84H2,1-2H3/b7-5-,8-6-,13-11-,14-12-,19-17-,20-18-,25-23-,26-24-,31-29-,32-30-,37-35-,38-36-,44-42-,50-48-,56-54-,62-60-,68-66-. The number of rotatable bonds is 67. The van der Waals surface area contributed by atoms with Crippen molar-refractivity contribution < 1.29 is 24.2 Å². The van der Waals surface area contributed by atoms with Gasteiger partial charge in [-0.3, -0.25) is 9.59 Å². The van der Waals surface area contributed by atoms with Gasteiger partial charge in [-0.05, 0) is 148 Å². The minimum absolute atomic E-state index is 0.0832. The first kappa shape index (κ1) is 86.5. The normalized spacial score (nSPS) is 13.5. The van der Waals surface area contributed by atoms with Gasteiger partial charge in [0.2, 0.25) is 0 Å². The molecular formula is C87H138O5. The highest BCUT2D eigenvalue weighted by Crippen LogP contribution is 2.17. The van der Waals surface area contributed by atoms with E-state index in [1.54, 1.807) is 0 Å². The molecule has 0 saturated heterocycles. The number of esters is 2. The lowest BCUT2D eigenvalue weighted by Gasteiger charge is -2.15. The molecule has 516 valence electrons. The number of hydrogen-bond donors (Lipinski definition) is 1. The number of aliphatic hydroxyl groups excluding tert-OH is 1. The summed E-state index contributed by atoms with van der Waals surface area (Å²) < 4.78 is 10.8. The van der Waals surface area contributed by atoms with Crippen LogP contribution in [0.2, 0.25) is 0 Å². The Balaban J connectivity index is 3.57. The van der Waals surface area contributed by atoms with Crippen molar-refractivity contribution in [1.29, 1.82) is 0 Å². The second-order valence-electron chi connectivity index (χ2n) is 24.3. The summed E-state index contributed by atoms with van der Waals surface area (Å²) in [6, 6.07) is 0. The maximum atomic E-state index is 12.4. The first-order valence-corrected chi connectivity index (χ1v) is 37.6. The SMILES string of the molecule is CC/C=C\C/C=C\C/C=C\C/C=C\C/C=C\C/C=C\C/C=C\C/C=C\C/C=C\C/C=C\C/C=C\CCCCCCCC(=O)OC(CO)COC(=O)CCCCCCCCCCCCCCCCCCCCCC/C=C\C/C=C\C/C=C\C/C=C\C/C=C\C/C=C\CC. The van der Waals surface area contributed by atoms with E-state index in [1.165, 1.54) is 116 Å². The van der Waals surface area contributed by atoms with Gasteiger partial charge in [0.1, 0.15) is 6.61 Å². The quantitative estimate of drug-likeness (QED) is 0.0373. The fraction of sp³-hybridized carbons (Fsp3) is 0.586. The molecule has 0 aliphatic rings. The van der Waals surface area contributed by atoms with Gasteiger partial charge < -0.3 is 14.6 Å². The Kier molecular flexibility index (Phi) is 74.9. The molecule has 5 heteroatoms. The Labute approximate surface area is 568 Å². The van der Waals surface area contributed by atoms with Crippen LogP contribution in [-0.4, -0.2) is 36.4 Å². The van der Waals surface area contributed by atoms with Gasteiger partial charge in [0, 0.05) is 12.8 Å². The zero-order chi connectivity index (χ0) is 66.1.